The van der Waals surface area contributed by atoms with Crippen molar-refractivity contribution in [2.24, 2.45) is 16.6 Å². The SMILES string of the molecule is CC(C)CN(C)C1=NC(c2ccccc2)=CC(C(N)=O)=CC1. The van der Waals surface area contributed by atoms with Crippen LogP contribution in [0.4, 0.5) is 0 Å². The molecule has 1 heterocycles. The molecule has 1 aliphatic heterocycles. The van der Waals surface area contributed by atoms with Gasteiger partial charge in [-0.15, -0.1) is 0 Å². The molecular formula is C18H23N3O. The van der Waals surface area contributed by atoms with Crippen molar-refractivity contribution in [2.45, 2.75) is 20.3 Å². The first kappa shape index (κ1) is 16.0. The van der Waals surface area contributed by atoms with Crippen LogP contribution in [0.1, 0.15) is 25.8 Å². The molecule has 116 valence electrons. The molecule has 22 heavy (non-hydrogen) atoms. The number of amides is 1. The number of primary amides is 1. The van der Waals surface area contributed by atoms with Gasteiger partial charge in [0.15, 0.2) is 0 Å². The van der Waals surface area contributed by atoms with Crippen molar-refractivity contribution in [1.82, 2.24) is 4.90 Å². The van der Waals surface area contributed by atoms with E-state index < -0.39 is 5.91 Å². The first-order valence-electron chi connectivity index (χ1n) is 7.53. The predicted molar refractivity (Wildman–Crippen MR) is 91.2 cm³/mol. The minimum Gasteiger partial charge on any atom is -0.366 e. The molecule has 0 spiro atoms. The molecule has 1 aromatic carbocycles. The number of amidine groups is 1. The van der Waals surface area contributed by atoms with Crippen LogP contribution in [0, 0.1) is 5.92 Å². The van der Waals surface area contributed by atoms with Crippen LogP contribution in [-0.4, -0.2) is 30.2 Å². The lowest BCUT2D eigenvalue weighted by Gasteiger charge is -2.22. The number of nitrogens with two attached hydrogens (primary N) is 1. The molecular weight excluding hydrogens is 274 g/mol. The number of hydrogen-bond donors (Lipinski definition) is 1. The summed E-state index contributed by atoms with van der Waals surface area (Å²) >= 11 is 0. The second-order valence-corrected chi connectivity index (χ2v) is 5.93. The Hall–Kier alpha value is -2.36. The zero-order valence-corrected chi connectivity index (χ0v) is 13.4. The van der Waals surface area contributed by atoms with E-state index >= 15 is 0 Å². The zero-order chi connectivity index (χ0) is 16.1. The summed E-state index contributed by atoms with van der Waals surface area (Å²) in [5.74, 6) is 1.07. The summed E-state index contributed by atoms with van der Waals surface area (Å²) in [5, 5.41) is 0. The van der Waals surface area contributed by atoms with Crippen LogP contribution in [0.3, 0.4) is 0 Å². The molecule has 0 unspecified atom stereocenters. The minimum atomic E-state index is -0.420. The maximum Gasteiger partial charge on any atom is 0.248 e. The molecule has 4 heteroatoms. The van der Waals surface area contributed by atoms with Crippen LogP contribution in [0.5, 0.6) is 0 Å². The second-order valence-electron chi connectivity index (χ2n) is 5.93. The summed E-state index contributed by atoms with van der Waals surface area (Å²) in [4.78, 5) is 18.5. The molecule has 1 amide bonds. The van der Waals surface area contributed by atoms with Crippen molar-refractivity contribution in [3.05, 3.63) is 53.6 Å². The van der Waals surface area contributed by atoms with Gasteiger partial charge in [0.05, 0.1) is 5.70 Å². The van der Waals surface area contributed by atoms with Gasteiger partial charge in [-0.05, 0) is 12.0 Å². The fourth-order valence-electron chi connectivity index (χ4n) is 2.45. The molecule has 2 rings (SSSR count). The van der Waals surface area contributed by atoms with Gasteiger partial charge in [0.2, 0.25) is 5.91 Å². The molecule has 0 fully saturated rings. The van der Waals surface area contributed by atoms with E-state index in [1.54, 1.807) is 6.08 Å². The van der Waals surface area contributed by atoms with E-state index in [-0.39, 0.29) is 0 Å². The highest BCUT2D eigenvalue weighted by molar-refractivity contribution is 6.00. The van der Waals surface area contributed by atoms with E-state index in [1.165, 1.54) is 0 Å². The zero-order valence-electron chi connectivity index (χ0n) is 13.4. The number of aliphatic imine (C=N–C) groups is 1. The highest BCUT2D eigenvalue weighted by Crippen LogP contribution is 2.22. The number of benzene rings is 1. The maximum atomic E-state index is 11.6. The van der Waals surface area contributed by atoms with Gasteiger partial charge in [0.1, 0.15) is 5.84 Å². The third-order valence-electron chi connectivity index (χ3n) is 3.48. The van der Waals surface area contributed by atoms with Crippen molar-refractivity contribution in [3.63, 3.8) is 0 Å². The molecule has 0 saturated carbocycles. The van der Waals surface area contributed by atoms with E-state index in [1.807, 2.05) is 43.5 Å². The maximum absolute atomic E-state index is 11.6. The molecule has 0 atom stereocenters. The average molecular weight is 297 g/mol. The Morgan fingerprint density at radius 1 is 1.32 bits per heavy atom. The summed E-state index contributed by atoms with van der Waals surface area (Å²) in [7, 11) is 2.03. The van der Waals surface area contributed by atoms with E-state index in [0.29, 0.717) is 17.9 Å². The quantitative estimate of drug-likeness (QED) is 0.929. The van der Waals surface area contributed by atoms with E-state index in [9.17, 15) is 4.79 Å². The van der Waals surface area contributed by atoms with Gasteiger partial charge < -0.3 is 10.6 Å². The number of carbonyl (C=O) groups excluding carboxylic acids is 1. The van der Waals surface area contributed by atoms with Crippen LogP contribution >= 0.6 is 0 Å². The van der Waals surface area contributed by atoms with Crippen molar-refractivity contribution in [3.8, 4) is 0 Å². The molecule has 0 radical (unpaired) electrons. The molecule has 0 aliphatic carbocycles. The Kier molecular flexibility index (Phi) is 5.15. The highest BCUT2D eigenvalue weighted by atomic mass is 16.1. The number of carbonyl (C=O) groups is 1. The van der Waals surface area contributed by atoms with E-state index in [4.69, 9.17) is 10.7 Å². The van der Waals surface area contributed by atoms with Gasteiger partial charge in [0, 0.05) is 31.1 Å². The molecule has 0 saturated heterocycles. The van der Waals surface area contributed by atoms with Gasteiger partial charge in [-0.1, -0.05) is 50.3 Å². The second kappa shape index (κ2) is 7.07. The van der Waals surface area contributed by atoms with E-state index in [0.717, 1.165) is 23.6 Å². The van der Waals surface area contributed by atoms with Crippen molar-refractivity contribution < 1.29 is 4.79 Å². The Bertz CT molecular complexity index is 627. The van der Waals surface area contributed by atoms with Crippen molar-refractivity contribution in [2.75, 3.05) is 13.6 Å². The topological polar surface area (TPSA) is 58.7 Å². The minimum absolute atomic E-state index is 0.420. The van der Waals surface area contributed by atoms with Crippen LogP contribution < -0.4 is 5.73 Å². The summed E-state index contributed by atoms with van der Waals surface area (Å²) in [5.41, 5.74) is 7.72. The Morgan fingerprint density at radius 3 is 2.59 bits per heavy atom. The number of hydrogen-bond acceptors (Lipinski definition) is 3. The lowest BCUT2D eigenvalue weighted by molar-refractivity contribution is -0.114. The summed E-state index contributed by atoms with van der Waals surface area (Å²) in [6.45, 7) is 5.26. The lowest BCUT2D eigenvalue weighted by atomic mass is 10.1. The first-order chi connectivity index (χ1) is 10.5. The molecule has 2 N–H and O–H groups in total. The average Bonchev–Trinajstić information content (AvgIpc) is 2.70. The van der Waals surface area contributed by atoms with Crippen LogP contribution in [0.2, 0.25) is 0 Å². The van der Waals surface area contributed by atoms with E-state index in [2.05, 4.69) is 18.7 Å². The van der Waals surface area contributed by atoms with Crippen LogP contribution in [0.15, 0.2) is 53.0 Å². The smallest absolute Gasteiger partial charge is 0.248 e. The van der Waals surface area contributed by atoms with Crippen LogP contribution in [-0.2, 0) is 4.79 Å². The summed E-state index contributed by atoms with van der Waals surface area (Å²) in [6.07, 6.45) is 4.23. The van der Waals surface area contributed by atoms with Gasteiger partial charge in [-0.25, -0.2) is 4.99 Å². The van der Waals surface area contributed by atoms with Crippen molar-refractivity contribution >= 4 is 17.4 Å². The van der Waals surface area contributed by atoms with Gasteiger partial charge >= 0.3 is 0 Å². The molecule has 0 bridgehead atoms. The van der Waals surface area contributed by atoms with Crippen molar-refractivity contribution in [1.29, 1.82) is 0 Å². The van der Waals surface area contributed by atoms with Gasteiger partial charge in [0.25, 0.3) is 0 Å². The Morgan fingerprint density at radius 2 is 2.00 bits per heavy atom. The first-order valence-corrected chi connectivity index (χ1v) is 7.53. The molecule has 0 aromatic heterocycles. The van der Waals surface area contributed by atoms with Crippen LogP contribution in [0.25, 0.3) is 5.70 Å². The summed E-state index contributed by atoms with van der Waals surface area (Å²) in [6, 6.07) is 9.85. The summed E-state index contributed by atoms with van der Waals surface area (Å²) < 4.78 is 0. The normalized spacial score (nSPS) is 14.8. The highest BCUT2D eigenvalue weighted by Gasteiger charge is 2.15. The number of nitrogens with zero attached hydrogens (tertiary/aromatic N) is 2. The Labute approximate surface area is 132 Å². The molecule has 4 nitrogen and oxygen atoms in total. The number of rotatable bonds is 4. The fraction of sp³-hybridized carbons (Fsp3) is 0.333. The molecule has 1 aromatic rings. The fourth-order valence-corrected chi connectivity index (χ4v) is 2.45. The predicted octanol–water partition coefficient (Wildman–Crippen LogP) is 2.83. The van der Waals surface area contributed by atoms with Gasteiger partial charge in [-0.2, -0.15) is 0 Å². The Balaban J connectivity index is 2.40. The third kappa shape index (κ3) is 4.07. The standard InChI is InChI=1S/C18H23N3O/c1-13(2)12-21(3)17-10-9-15(18(19)22)11-16(20-17)14-7-5-4-6-8-14/h4-9,11,13H,10,12H2,1-3H3,(H2,19,22). The largest absolute Gasteiger partial charge is 0.366 e. The van der Waals surface area contributed by atoms with Gasteiger partial charge in [-0.3, -0.25) is 4.79 Å². The lowest BCUT2D eigenvalue weighted by Crippen LogP contribution is -2.30. The monoisotopic (exact) mass is 297 g/mol. The molecule has 1 aliphatic rings. The third-order valence-corrected chi connectivity index (χ3v) is 3.48.